The molecule has 0 unspecified atom stereocenters. The first-order chi connectivity index (χ1) is 10.8. The lowest BCUT2D eigenvalue weighted by Crippen LogP contribution is -2.26. The van der Waals surface area contributed by atoms with Crippen molar-refractivity contribution in [2.75, 3.05) is 0 Å². The molecule has 0 saturated carbocycles. The average Bonchev–Trinajstić information content (AvgIpc) is 3.25. The van der Waals surface area contributed by atoms with Crippen molar-refractivity contribution in [1.29, 1.82) is 0 Å². The Morgan fingerprint density at radius 2 is 2.09 bits per heavy atom. The van der Waals surface area contributed by atoms with Gasteiger partial charge in [0.15, 0.2) is 0 Å². The quantitative estimate of drug-likeness (QED) is 0.759. The summed E-state index contributed by atoms with van der Waals surface area (Å²) in [5.74, 6) is 0.0379. The lowest BCUT2D eigenvalue weighted by atomic mass is 10.1. The van der Waals surface area contributed by atoms with Crippen LogP contribution >= 0.6 is 11.3 Å². The number of nitrogens with zero attached hydrogens (tertiary/aromatic N) is 2. The number of hydrogen-bond acceptors (Lipinski definition) is 3. The number of aromatic nitrogens is 2. The molecule has 0 saturated heterocycles. The second kappa shape index (κ2) is 7.04. The van der Waals surface area contributed by atoms with Gasteiger partial charge < -0.3 is 9.88 Å². The number of carbonyl (C=O) groups is 1. The maximum atomic E-state index is 12.3. The Kier molecular flexibility index (Phi) is 4.65. The van der Waals surface area contributed by atoms with Crippen LogP contribution in [0.5, 0.6) is 0 Å². The second-order valence-electron chi connectivity index (χ2n) is 5.00. The van der Waals surface area contributed by atoms with E-state index in [9.17, 15) is 4.79 Å². The molecule has 0 aromatic carbocycles. The normalized spacial score (nSPS) is 12.0. The van der Waals surface area contributed by atoms with E-state index in [0.717, 1.165) is 5.56 Å². The smallest absolute Gasteiger partial charge is 0.222 e. The van der Waals surface area contributed by atoms with Crippen molar-refractivity contribution >= 4 is 17.2 Å². The van der Waals surface area contributed by atoms with Crippen molar-refractivity contribution in [2.45, 2.75) is 19.0 Å². The van der Waals surface area contributed by atoms with Gasteiger partial charge in [-0.2, -0.15) is 0 Å². The van der Waals surface area contributed by atoms with Gasteiger partial charge in [-0.15, -0.1) is 11.3 Å². The lowest BCUT2D eigenvalue weighted by molar-refractivity contribution is -0.121. The van der Waals surface area contributed by atoms with Crippen molar-refractivity contribution in [1.82, 2.24) is 14.9 Å². The summed E-state index contributed by atoms with van der Waals surface area (Å²) >= 11 is 1.67. The summed E-state index contributed by atoms with van der Waals surface area (Å²) < 4.78 is 2.08. The van der Waals surface area contributed by atoms with Gasteiger partial charge in [0.25, 0.3) is 0 Å². The van der Waals surface area contributed by atoms with Gasteiger partial charge in [-0.1, -0.05) is 12.1 Å². The van der Waals surface area contributed by atoms with Crippen LogP contribution in [0.1, 0.15) is 22.9 Å². The minimum absolute atomic E-state index is 0.0379. The fourth-order valence-electron chi connectivity index (χ4n) is 2.34. The van der Waals surface area contributed by atoms with E-state index in [4.69, 9.17) is 0 Å². The largest absolute Gasteiger partial charge is 0.352 e. The van der Waals surface area contributed by atoms with E-state index in [2.05, 4.69) is 20.9 Å². The number of rotatable bonds is 6. The first-order valence-corrected chi connectivity index (χ1v) is 8.02. The van der Waals surface area contributed by atoms with Gasteiger partial charge in [-0.3, -0.25) is 9.78 Å². The van der Waals surface area contributed by atoms with Gasteiger partial charge in [0.1, 0.15) is 0 Å². The zero-order chi connectivity index (χ0) is 15.2. The number of carbonyl (C=O) groups excluding carboxylic acids is 1. The molecule has 1 amide bonds. The SMILES string of the molecule is O=C(C[C@@H](c1cccs1)n1cccc1)NCc1cccnc1. The Morgan fingerprint density at radius 3 is 2.77 bits per heavy atom. The van der Waals surface area contributed by atoms with Gasteiger partial charge in [0, 0.05) is 36.2 Å². The summed E-state index contributed by atoms with van der Waals surface area (Å²) in [5, 5.41) is 5.01. The third-order valence-corrected chi connectivity index (χ3v) is 4.42. The maximum Gasteiger partial charge on any atom is 0.222 e. The zero-order valence-electron chi connectivity index (χ0n) is 12.1. The maximum absolute atomic E-state index is 12.3. The monoisotopic (exact) mass is 311 g/mol. The first kappa shape index (κ1) is 14.5. The standard InChI is InChI=1S/C17H17N3OS/c21-17(19-13-14-5-3-7-18-12-14)11-15(16-6-4-10-22-16)20-8-1-2-9-20/h1-10,12,15H,11,13H2,(H,19,21)/t15-/m0/s1. The molecule has 0 aliphatic heterocycles. The summed E-state index contributed by atoms with van der Waals surface area (Å²) in [5.41, 5.74) is 1.00. The number of hydrogen-bond donors (Lipinski definition) is 1. The number of thiophene rings is 1. The first-order valence-electron chi connectivity index (χ1n) is 7.14. The molecule has 1 N–H and O–H groups in total. The lowest BCUT2D eigenvalue weighted by Gasteiger charge is -2.17. The molecule has 0 fully saturated rings. The molecule has 22 heavy (non-hydrogen) atoms. The molecule has 0 spiro atoms. The van der Waals surface area contributed by atoms with E-state index >= 15 is 0 Å². The minimum Gasteiger partial charge on any atom is -0.352 e. The Hall–Kier alpha value is -2.40. The minimum atomic E-state index is 0.0379. The van der Waals surface area contributed by atoms with Gasteiger partial charge in [0.05, 0.1) is 12.5 Å². The molecule has 3 aromatic heterocycles. The van der Waals surface area contributed by atoms with E-state index in [1.807, 2.05) is 48.1 Å². The molecule has 4 nitrogen and oxygen atoms in total. The van der Waals surface area contributed by atoms with Crippen LogP contribution in [0.25, 0.3) is 0 Å². The molecule has 5 heteroatoms. The van der Waals surface area contributed by atoms with E-state index in [1.165, 1.54) is 4.88 Å². The summed E-state index contributed by atoms with van der Waals surface area (Å²) in [7, 11) is 0. The Labute approximate surface area is 133 Å². The van der Waals surface area contributed by atoms with Crippen LogP contribution in [-0.4, -0.2) is 15.5 Å². The Balaban J connectivity index is 1.65. The highest BCUT2D eigenvalue weighted by Gasteiger charge is 2.18. The fraction of sp³-hybridized carbons (Fsp3) is 0.176. The van der Waals surface area contributed by atoms with Crippen LogP contribution in [0.15, 0.2) is 66.6 Å². The second-order valence-corrected chi connectivity index (χ2v) is 5.98. The molecular formula is C17H17N3OS. The number of amides is 1. The van der Waals surface area contributed by atoms with Gasteiger partial charge in [-0.25, -0.2) is 0 Å². The molecule has 112 valence electrons. The van der Waals surface area contributed by atoms with Crippen LogP contribution in [0.3, 0.4) is 0 Å². The van der Waals surface area contributed by atoms with Gasteiger partial charge in [-0.05, 0) is 35.2 Å². The molecule has 3 heterocycles. The topological polar surface area (TPSA) is 46.9 Å². The van der Waals surface area contributed by atoms with E-state index < -0.39 is 0 Å². The predicted octanol–water partition coefficient (Wildman–Crippen LogP) is 3.24. The summed E-state index contributed by atoms with van der Waals surface area (Å²) in [4.78, 5) is 17.5. The van der Waals surface area contributed by atoms with Crippen LogP contribution in [0, 0.1) is 0 Å². The fourth-order valence-corrected chi connectivity index (χ4v) is 3.17. The van der Waals surface area contributed by atoms with E-state index in [1.54, 1.807) is 23.7 Å². The highest BCUT2D eigenvalue weighted by molar-refractivity contribution is 7.10. The highest BCUT2D eigenvalue weighted by Crippen LogP contribution is 2.26. The van der Waals surface area contributed by atoms with Crippen molar-refractivity contribution in [3.63, 3.8) is 0 Å². The summed E-state index contributed by atoms with van der Waals surface area (Å²) in [6.45, 7) is 0.509. The third kappa shape index (κ3) is 3.62. The molecule has 0 bridgehead atoms. The molecular weight excluding hydrogens is 294 g/mol. The third-order valence-electron chi connectivity index (χ3n) is 3.45. The molecule has 0 aliphatic carbocycles. The van der Waals surface area contributed by atoms with E-state index in [-0.39, 0.29) is 11.9 Å². The van der Waals surface area contributed by atoms with Crippen molar-refractivity contribution in [3.8, 4) is 0 Å². The summed E-state index contributed by atoms with van der Waals surface area (Å²) in [6.07, 6.45) is 7.92. The molecule has 0 radical (unpaired) electrons. The van der Waals surface area contributed by atoms with Gasteiger partial charge in [0.2, 0.25) is 5.91 Å². The van der Waals surface area contributed by atoms with Crippen molar-refractivity contribution in [3.05, 3.63) is 77.0 Å². The van der Waals surface area contributed by atoms with Crippen LogP contribution < -0.4 is 5.32 Å². The van der Waals surface area contributed by atoms with Crippen LogP contribution in [0.4, 0.5) is 0 Å². The van der Waals surface area contributed by atoms with Crippen LogP contribution in [-0.2, 0) is 11.3 Å². The zero-order valence-corrected chi connectivity index (χ0v) is 12.9. The Morgan fingerprint density at radius 1 is 1.23 bits per heavy atom. The van der Waals surface area contributed by atoms with Crippen molar-refractivity contribution in [2.24, 2.45) is 0 Å². The molecule has 3 aromatic rings. The highest BCUT2D eigenvalue weighted by atomic mass is 32.1. The summed E-state index contributed by atoms with van der Waals surface area (Å²) in [6, 6.07) is 11.9. The predicted molar refractivity (Wildman–Crippen MR) is 87.6 cm³/mol. The van der Waals surface area contributed by atoms with E-state index in [0.29, 0.717) is 13.0 Å². The Bertz CT molecular complexity index is 659. The van der Waals surface area contributed by atoms with Gasteiger partial charge >= 0.3 is 0 Å². The molecule has 0 aliphatic rings. The molecule has 1 atom stereocenters. The average molecular weight is 311 g/mol. The van der Waals surface area contributed by atoms with Crippen molar-refractivity contribution < 1.29 is 4.79 Å². The number of nitrogens with one attached hydrogen (secondary N) is 1. The molecule has 3 rings (SSSR count). The van der Waals surface area contributed by atoms with Crippen LogP contribution in [0.2, 0.25) is 0 Å². The number of pyridine rings is 1.